The van der Waals surface area contributed by atoms with Gasteiger partial charge in [0.25, 0.3) is 0 Å². The maximum atomic E-state index is 9.37. The Morgan fingerprint density at radius 3 is 2.79 bits per heavy atom. The topological polar surface area (TPSA) is 23.5 Å². The number of piperidine rings is 1. The van der Waals surface area contributed by atoms with E-state index in [1.165, 1.54) is 9.35 Å². The zero-order valence-corrected chi connectivity index (χ0v) is 10.4. The molecule has 0 bridgehead atoms. The fourth-order valence-electron chi connectivity index (χ4n) is 1.76. The van der Waals surface area contributed by atoms with Gasteiger partial charge in [-0.3, -0.25) is 4.90 Å². The van der Waals surface area contributed by atoms with Crippen LogP contribution < -0.4 is 0 Å². The molecule has 0 amide bonds. The van der Waals surface area contributed by atoms with Crippen LogP contribution in [0, 0.1) is 0 Å². The monoisotopic (exact) mass is 275 g/mol. The minimum atomic E-state index is -0.0690. The predicted molar refractivity (Wildman–Crippen MR) is 62.5 cm³/mol. The van der Waals surface area contributed by atoms with Crippen LogP contribution in [-0.2, 0) is 6.54 Å². The fraction of sp³-hybridized carbons (Fsp3) is 0.600. The third-order valence-electron chi connectivity index (χ3n) is 2.59. The molecule has 1 N–H and O–H groups in total. The van der Waals surface area contributed by atoms with Gasteiger partial charge in [-0.2, -0.15) is 0 Å². The number of hydrogen-bond donors (Lipinski definition) is 1. The zero-order chi connectivity index (χ0) is 9.97. The summed E-state index contributed by atoms with van der Waals surface area (Å²) in [6.45, 7) is 3.07. The van der Waals surface area contributed by atoms with Crippen molar-refractivity contribution in [2.45, 2.75) is 25.5 Å². The van der Waals surface area contributed by atoms with Gasteiger partial charge in [0.2, 0.25) is 0 Å². The third-order valence-corrected chi connectivity index (χ3v) is 4.14. The molecule has 0 saturated carbocycles. The number of halogens is 1. The first-order valence-electron chi connectivity index (χ1n) is 4.87. The molecule has 2 nitrogen and oxygen atoms in total. The lowest BCUT2D eigenvalue weighted by Crippen LogP contribution is -2.35. The first kappa shape index (κ1) is 10.6. The van der Waals surface area contributed by atoms with Crippen molar-refractivity contribution >= 4 is 27.3 Å². The molecule has 14 heavy (non-hydrogen) atoms. The Labute approximate surface area is 96.7 Å². The highest BCUT2D eigenvalue weighted by molar-refractivity contribution is 9.11. The lowest BCUT2D eigenvalue weighted by Gasteiger charge is -2.29. The summed E-state index contributed by atoms with van der Waals surface area (Å²) >= 11 is 5.20. The van der Waals surface area contributed by atoms with Gasteiger partial charge in [-0.25, -0.2) is 0 Å². The van der Waals surface area contributed by atoms with Crippen LogP contribution in [0.2, 0.25) is 0 Å². The Morgan fingerprint density at radius 2 is 2.21 bits per heavy atom. The number of nitrogens with zero attached hydrogens (tertiary/aromatic N) is 1. The summed E-state index contributed by atoms with van der Waals surface area (Å²) in [6, 6.07) is 2.18. The lowest BCUT2D eigenvalue weighted by atomic mass is 10.1. The molecule has 0 aromatic carbocycles. The average molecular weight is 276 g/mol. The molecule has 1 fully saturated rings. The Kier molecular flexibility index (Phi) is 3.60. The number of aliphatic hydroxyl groups excluding tert-OH is 1. The molecular formula is C10H14BrNOS. The van der Waals surface area contributed by atoms with Crippen molar-refractivity contribution in [3.63, 3.8) is 0 Å². The molecular weight excluding hydrogens is 262 g/mol. The van der Waals surface area contributed by atoms with Gasteiger partial charge >= 0.3 is 0 Å². The summed E-state index contributed by atoms with van der Waals surface area (Å²) in [7, 11) is 0. The maximum Gasteiger partial charge on any atom is 0.0701 e. The maximum absolute atomic E-state index is 9.37. The first-order valence-corrected chi connectivity index (χ1v) is 6.54. The van der Waals surface area contributed by atoms with Crippen LogP contribution in [0.15, 0.2) is 15.2 Å². The Bertz CT molecular complexity index is 294. The van der Waals surface area contributed by atoms with Gasteiger partial charge in [0.15, 0.2) is 0 Å². The summed E-state index contributed by atoms with van der Waals surface area (Å²) in [5.41, 5.74) is 1.37. The van der Waals surface area contributed by atoms with Gasteiger partial charge in [-0.15, -0.1) is 11.3 Å². The summed E-state index contributed by atoms with van der Waals surface area (Å²) in [5, 5.41) is 11.6. The molecule has 1 aliphatic rings. The summed E-state index contributed by atoms with van der Waals surface area (Å²) < 4.78 is 1.20. The van der Waals surface area contributed by atoms with Crippen molar-refractivity contribution in [3.8, 4) is 0 Å². The number of thiophene rings is 1. The van der Waals surface area contributed by atoms with Crippen LogP contribution in [0.25, 0.3) is 0 Å². The highest BCUT2D eigenvalue weighted by Gasteiger charge is 2.16. The second-order valence-electron chi connectivity index (χ2n) is 3.77. The van der Waals surface area contributed by atoms with E-state index in [4.69, 9.17) is 0 Å². The molecule has 1 saturated heterocycles. The second-order valence-corrected chi connectivity index (χ2v) is 6.06. The van der Waals surface area contributed by atoms with Crippen LogP contribution >= 0.6 is 27.3 Å². The second kappa shape index (κ2) is 4.75. The Hall–Kier alpha value is 0.100. The molecule has 2 rings (SSSR count). The normalized spacial score (nSPS) is 20.1. The summed E-state index contributed by atoms with van der Waals surface area (Å²) in [6.07, 6.45) is 1.77. The van der Waals surface area contributed by atoms with Gasteiger partial charge in [0.05, 0.1) is 9.89 Å². The molecule has 1 aromatic heterocycles. The van der Waals surface area contributed by atoms with Gasteiger partial charge in [0.1, 0.15) is 0 Å². The SMILES string of the molecule is OC1CCN(Cc2csc(Br)c2)CC1. The van der Waals surface area contributed by atoms with E-state index in [-0.39, 0.29) is 6.10 Å². The van der Waals surface area contributed by atoms with Crippen molar-refractivity contribution in [1.29, 1.82) is 0 Å². The number of aliphatic hydroxyl groups is 1. The van der Waals surface area contributed by atoms with Crippen LogP contribution in [-0.4, -0.2) is 29.2 Å². The minimum Gasteiger partial charge on any atom is -0.393 e. The Balaban J connectivity index is 1.86. The first-order chi connectivity index (χ1) is 6.74. The van der Waals surface area contributed by atoms with E-state index >= 15 is 0 Å². The average Bonchev–Trinajstić information content (AvgIpc) is 2.56. The number of likely N-dealkylation sites (tertiary alicyclic amines) is 1. The number of rotatable bonds is 2. The van der Waals surface area contributed by atoms with E-state index in [0.29, 0.717) is 0 Å². The van der Waals surface area contributed by atoms with Gasteiger partial charge in [0, 0.05) is 19.6 Å². The minimum absolute atomic E-state index is 0.0690. The van der Waals surface area contributed by atoms with Gasteiger partial charge < -0.3 is 5.11 Å². The molecule has 0 radical (unpaired) electrons. The van der Waals surface area contributed by atoms with Crippen molar-refractivity contribution in [3.05, 3.63) is 20.8 Å². The van der Waals surface area contributed by atoms with E-state index in [1.54, 1.807) is 11.3 Å². The highest BCUT2D eigenvalue weighted by Crippen LogP contribution is 2.22. The van der Waals surface area contributed by atoms with E-state index in [0.717, 1.165) is 32.5 Å². The van der Waals surface area contributed by atoms with Gasteiger partial charge in [-0.05, 0) is 45.8 Å². The standard InChI is InChI=1S/C10H14BrNOS/c11-10-5-8(7-14-10)6-12-3-1-9(13)2-4-12/h5,7,9,13H,1-4,6H2. The van der Waals surface area contributed by atoms with E-state index < -0.39 is 0 Å². The molecule has 1 aromatic rings. The lowest BCUT2D eigenvalue weighted by molar-refractivity contribution is 0.0793. The molecule has 1 aliphatic heterocycles. The van der Waals surface area contributed by atoms with Crippen LogP contribution in [0.5, 0.6) is 0 Å². The Morgan fingerprint density at radius 1 is 1.50 bits per heavy atom. The molecule has 0 unspecified atom stereocenters. The molecule has 0 spiro atoms. The van der Waals surface area contributed by atoms with Crippen molar-refractivity contribution in [1.82, 2.24) is 4.90 Å². The summed E-state index contributed by atoms with van der Waals surface area (Å²) in [4.78, 5) is 2.40. The van der Waals surface area contributed by atoms with Crippen LogP contribution in [0.1, 0.15) is 18.4 Å². The summed E-state index contributed by atoms with van der Waals surface area (Å²) in [5.74, 6) is 0. The number of hydrogen-bond acceptors (Lipinski definition) is 3. The van der Waals surface area contributed by atoms with Crippen LogP contribution in [0.3, 0.4) is 0 Å². The van der Waals surface area contributed by atoms with Crippen molar-refractivity contribution in [2.24, 2.45) is 0 Å². The zero-order valence-electron chi connectivity index (χ0n) is 7.95. The van der Waals surface area contributed by atoms with Crippen molar-refractivity contribution in [2.75, 3.05) is 13.1 Å². The van der Waals surface area contributed by atoms with Gasteiger partial charge in [-0.1, -0.05) is 0 Å². The van der Waals surface area contributed by atoms with E-state index in [2.05, 4.69) is 32.3 Å². The molecule has 78 valence electrons. The highest BCUT2D eigenvalue weighted by atomic mass is 79.9. The van der Waals surface area contributed by atoms with Crippen molar-refractivity contribution < 1.29 is 5.11 Å². The molecule has 0 aliphatic carbocycles. The third kappa shape index (κ3) is 2.79. The largest absolute Gasteiger partial charge is 0.393 e. The molecule has 4 heteroatoms. The predicted octanol–water partition coefficient (Wildman–Crippen LogP) is 2.47. The van der Waals surface area contributed by atoms with Crippen LogP contribution in [0.4, 0.5) is 0 Å². The smallest absolute Gasteiger partial charge is 0.0701 e. The molecule has 0 atom stereocenters. The van der Waals surface area contributed by atoms with E-state index in [9.17, 15) is 5.11 Å². The molecule has 2 heterocycles. The van der Waals surface area contributed by atoms with E-state index in [1.807, 2.05) is 0 Å². The quantitative estimate of drug-likeness (QED) is 0.897. The fourth-order valence-corrected chi connectivity index (χ4v) is 2.96.